The molecule has 1 spiro atoms. The first-order valence-electron chi connectivity index (χ1n) is 8.39. The first kappa shape index (κ1) is 17.1. The molecule has 3 rings (SSSR count). The van der Waals surface area contributed by atoms with Crippen molar-refractivity contribution in [2.24, 2.45) is 0 Å². The predicted octanol–water partition coefficient (Wildman–Crippen LogP) is 3.25. The maximum absolute atomic E-state index is 12.8. The first-order chi connectivity index (χ1) is 10.9. The van der Waals surface area contributed by atoms with E-state index >= 15 is 0 Å². The molecule has 0 amide bonds. The fourth-order valence-corrected chi connectivity index (χ4v) is 4.36. The largest absolute Gasteiger partial charge is 0.348 e. The molecule has 1 saturated carbocycles. The van der Waals surface area contributed by atoms with E-state index in [1.807, 2.05) is 39.0 Å². The molecule has 0 radical (unpaired) electrons. The summed E-state index contributed by atoms with van der Waals surface area (Å²) in [5.41, 5.74) is 0.922. The Morgan fingerprint density at radius 2 is 1.57 bits per heavy atom. The molecular weight excluding hydrogens is 310 g/mol. The fraction of sp³-hybridized carbons (Fsp3) is 0.667. The molecule has 2 fully saturated rings. The Hall–Kier alpha value is -0.750. The Bertz CT molecular complexity index is 551. The molecule has 4 nitrogen and oxygen atoms in total. The molecule has 1 aromatic carbocycles. The van der Waals surface area contributed by atoms with Gasteiger partial charge in [0.2, 0.25) is 0 Å². The van der Waals surface area contributed by atoms with Crippen LogP contribution in [0, 0.1) is 0 Å². The Morgan fingerprint density at radius 3 is 2.09 bits per heavy atom. The van der Waals surface area contributed by atoms with Gasteiger partial charge in [0.05, 0.1) is 34.5 Å². The molecule has 1 aromatic rings. The average molecular weight is 337 g/mol. The molecule has 128 valence electrons. The highest BCUT2D eigenvalue weighted by atomic mass is 32.2. The summed E-state index contributed by atoms with van der Waals surface area (Å²) in [4.78, 5) is 0. The third-order valence-electron chi connectivity index (χ3n) is 4.85. The summed E-state index contributed by atoms with van der Waals surface area (Å²) in [6.07, 6.45) is 3.38. The Morgan fingerprint density at radius 1 is 1.00 bits per heavy atom. The maximum Gasteiger partial charge on any atom is 0.168 e. The second-order valence-corrected chi connectivity index (χ2v) is 9.51. The van der Waals surface area contributed by atoms with Gasteiger partial charge in [-0.25, -0.2) is 8.93 Å². The quantitative estimate of drug-likeness (QED) is 0.921. The van der Waals surface area contributed by atoms with E-state index in [9.17, 15) is 4.21 Å². The highest BCUT2D eigenvalue weighted by Gasteiger charge is 2.48. The van der Waals surface area contributed by atoms with Crippen LogP contribution in [-0.4, -0.2) is 28.0 Å². The molecule has 0 aromatic heterocycles. The lowest BCUT2D eigenvalue weighted by atomic mass is 9.75. The van der Waals surface area contributed by atoms with Crippen molar-refractivity contribution >= 4 is 11.0 Å². The minimum absolute atomic E-state index is 0.278. The third kappa shape index (κ3) is 3.53. The zero-order valence-corrected chi connectivity index (χ0v) is 15.1. The molecule has 0 bridgehead atoms. The number of nitrogens with one attached hydrogen (secondary N) is 1. The van der Waals surface area contributed by atoms with E-state index in [2.05, 4.69) is 16.9 Å². The topological polar surface area (TPSA) is 47.6 Å². The van der Waals surface area contributed by atoms with Crippen LogP contribution in [0.25, 0.3) is 0 Å². The van der Waals surface area contributed by atoms with Crippen molar-refractivity contribution in [1.29, 1.82) is 0 Å². The molecule has 1 N–H and O–H groups in total. The lowest BCUT2D eigenvalue weighted by Crippen LogP contribution is -2.53. The Kier molecular flexibility index (Phi) is 4.67. The van der Waals surface area contributed by atoms with Gasteiger partial charge in [0, 0.05) is 12.8 Å². The van der Waals surface area contributed by atoms with Crippen molar-refractivity contribution in [3.63, 3.8) is 0 Å². The SMILES string of the molecule is CC(C)(C)S(=O)NC1(c2ccccc2)CCC2(CC1)OCCO2. The van der Waals surface area contributed by atoms with E-state index in [0.717, 1.165) is 25.7 Å². The van der Waals surface area contributed by atoms with Gasteiger partial charge in [-0.3, -0.25) is 0 Å². The standard InChI is InChI=1S/C18H27NO3S/c1-16(2,3)23(20)19-17(15-7-5-4-6-8-15)9-11-18(12-10-17)21-13-14-22-18/h4-8,19H,9-14H2,1-3H3. The van der Waals surface area contributed by atoms with Crippen LogP contribution < -0.4 is 4.72 Å². The van der Waals surface area contributed by atoms with Crippen molar-refractivity contribution < 1.29 is 13.7 Å². The summed E-state index contributed by atoms with van der Waals surface area (Å²) in [5.74, 6) is -0.414. The third-order valence-corrected chi connectivity index (χ3v) is 6.54. The first-order valence-corrected chi connectivity index (χ1v) is 9.54. The maximum atomic E-state index is 12.8. The molecule has 1 atom stereocenters. The normalized spacial score (nSPS) is 24.7. The van der Waals surface area contributed by atoms with E-state index in [1.54, 1.807) is 0 Å². The van der Waals surface area contributed by atoms with Gasteiger partial charge in [-0.05, 0) is 39.2 Å². The highest BCUT2D eigenvalue weighted by molar-refractivity contribution is 7.84. The summed E-state index contributed by atoms with van der Waals surface area (Å²) in [6.45, 7) is 7.37. The lowest BCUT2D eigenvalue weighted by Gasteiger charge is -2.45. The molecule has 1 aliphatic carbocycles. The van der Waals surface area contributed by atoms with Crippen LogP contribution in [0.15, 0.2) is 30.3 Å². The number of rotatable bonds is 3. The molecule has 5 heteroatoms. The second kappa shape index (κ2) is 6.28. The van der Waals surface area contributed by atoms with E-state index in [1.165, 1.54) is 5.56 Å². The predicted molar refractivity (Wildman–Crippen MR) is 92.3 cm³/mol. The molecule has 23 heavy (non-hydrogen) atoms. The number of benzene rings is 1. The minimum Gasteiger partial charge on any atom is -0.348 e. The zero-order chi connectivity index (χ0) is 16.6. The van der Waals surface area contributed by atoms with Gasteiger partial charge < -0.3 is 9.47 Å². The lowest BCUT2D eigenvalue weighted by molar-refractivity contribution is -0.185. The summed E-state index contributed by atoms with van der Waals surface area (Å²) in [6, 6.07) is 10.4. The van der Waals surface area contributed by atoms with E-state index < -0.39 is 16.8 Å². The molecular formula is C18H27NO3S. The second-order valence-electron chi connectivity index (χ2n) is 7.54. The molecule has 1 heterocycles. The van der Waals surface area contributed by atoms with Gasteiger partial charge in [0.25, 0.3) is 0 Å². The van der Waals surface area contributed by atoms with Gasteiger partial charge in [0.1, 0.15) is 0 Å². The summed E-state index contributed by atoms with van der Waals surface area (Å²) in [5, 5.41) is 0. The van der Waals surface area contributed by atoms with Gasteiger partial charge >= 0.3 is 0 Å². The van der Waals surface area contributed by atoms with Crippen molar-refractivity contribution in [3.05, 3.63) is 35.9 Å². The van der Waals surface area contributed by atoms with E-state index in [4.69, 9.17) is 9.47 Å². The number of ether oxygens (including phenoxy) is 2. The smallest absolute Gasteiger partial charge is 0.168 e. The van der Waals surface area contributed by atoms with Crippen LogP contribution in [0.5, 0.6) is 0 Å². The van der Waals surface area contributed by atoms with E-state index in [-0.39, 0.29) is 10.3 Å². The zero-order valence-electron chi connectivity index (χ0n) is 14.3. The van der Waals surface area contributed by atoms with Crippen molar-refractivity contribution in [3.8, 4) is 0 Å². The molecule has 2 aliphatic rings. The summed E-state index contributed by atoms with van der Waals surface area (Å²) < 4.78 is 27.6. The Labute approximate surface area is 141 Å². The van der Waals surface area contributed by atoms with Gasteiger partial charge in [0.15, 0.2) is 5.79 Å². The van der Waals surface area contributed by atoms with Crippen molar-refractivity contribution in [2.45, 2.75) is 62.5 Å². The van der Waals surface area contributed by atoms with Crippen LogP contribution in [-0.2, 0) is 26.0 Å². The number of hydrogen-bond acceptors (Lipinski definition) is 3. The van der Waals surface area contributed by atoms with Gasteiger partial charge in [-0.2, -0.15) is 0 Å². The number of hydrogen-bond donors (Lipinski definition) is 1. The monoisotopic (exact) mass is 337 g/mol. The van der Waals surface area contributed by atoms with Crippen LogP contribution in [0.2, 0.25) is 0 Å². The van der Waals surface area contributed by atoms with Crippen LogP contribution >= 0.6 is 0 Å². The highest BCUT2D eigenvalue weighted by Crippen LogP contribution is 2.45. The van der Waals surface area contributed by atoms with Crippen LogP contribution in [0.3, 0.4) is 0 Å². The van der Waals surface area contributed by atoms with Crippen molar-refractivity contribution in [2.75, 3.05) is 13.2 Å². The van der Waals surface area contributed by atoms with E-state index in [0.29, 0.717) is 13.2 Å². The summed E-state index contributed by atoms with van der Waals surface area (Å²) >= 11 is 0. The van der Waals surface area contributed by atoms with Gasteiger partial charge in [-0.15, -0.1) is 0 Å². The van der Waals surface area contributed by atoms with Crippen molar-refractivity contribution in [1.82, 2.24) is 4.72 Å². The molecule has 1 aliphatic heterocycles. The fourth-order valence-electron chi connectivity index (χ4n) is 3.38. The summed E-state index contributed by atoms with van der Waals surface area (Å²) in [7, 11) is -1.12. The van der Waals surface area contributed by atoms with Crippen LogP contribution in [0.1, 0.15) is 52.0 Å². The minimum atomic E-state index is -1.12. The van der Waals surface area contributed by atoms with Gasteiger partial charge in [-0.1, -0.05) is 30.3 Å². The molecule has 1 saturated heterocycles. The van der Waals surface area contributed by atoms with Crippen LogP contribution in [0.4, 0.5) is 0 Å². The Balaban J connectivity index is 1.85. The average Bonchev–Trinajstić information content (AvgIpc) is 2.98. The molecule has 1 unspecified atom stereocenters.